The SMILES string of the molecule is C=C1N=C(N)C=CN1C1P2OC(CO)C(O)C12F. The largest absolute Gasteiger partial charge is 0.394 e. The molecule has 6 nitrogen and oxygen atoms in total. The standard InChI is InChI=1S/C10H13FN3O3P/c1-5-13-7(12)2-3-14(5)9-10(11)8(16)6(4-15)17-18(9)10/h2-3,6,8-9,15-16H,1,4H2,(H2,12,13). The highest BCUT2D eigenvalue weighted by atomic mass is 31.2. The minimum Gasteiger partial charge on any atom is -0.394 e. The zero-order chi connectivity index (χ0) is 13.1. The molecule has 0 aliphatic carbocycles. The first-order valence-electron chi connectivity index (χ1n) is 5.43. The van der Waals surface area contributed by atoms with Crippen molar-refractivity contribution in [3.63, 3.8) is 0 Å². The van der Waals surface area contributed by atoms with Crippen LogP contribution in [0.15, 0.2) is 29.7 Å². The van der Waals surface area contributed by atoms with E-state index >= 15 is 0 Å². The van der Waals surface area contributed by atoms with E-state index in [1.807, 2.05) is 0 Å². The van der Waals surface area contributed by atoms with E-state index in [9.17, 15) is 9.50 Å². The molecule has 0 aromatic rings. The highest BCUT2D eigenvalue weighted by molar-refractivity contribution is 7.64. The van der Waals surface area contributed by atoms with Crippen LogP contribution in [0.3, 0.4) is 0 Å². The third kappa shape index (κ3) is 1.39. The lowest BCUT2D eigenvalue weighted by atomic mass is 10.1. The number of halogens is 1. The second-order valence-electron chi connectivity index (χ2n) is 4.37. The van der Waals surface area contributed by atoms with E-state index in [0.29, 0.717) is 11.7 Å². The van der Waals surface area contributed by atoms with Gasteiger partial charge in [0.05, 0.1) is 6.61 Å². The minimum atomic E-state index is -1.82. The summed E-state index contributed by atoms with van der Waals surface area (Å²) in [4.78, 5) is 5.47. The summed E-state index contributed by atoms with van der Waals surface area (Å²) in [5, 5.41) is 16.9. The number of nitrogens with zero attached hydrogens (tertiary/aromatic N) is 2. The highest BCUT2D eigenvalue weighted by Gasteiger charge is 2.80. The predicted molar refractivity (Wildman–Crippen MR) is 64.3 cm³/mol. The van der Waals surface area contributed by atoms with Gasteiger partial charge in [0, 0.05) is 6.20 Å². The molecule has 4 N–H and O–H groups in total. The summed E-state index contributed by atoms with van der Waals surface area (Å²) >= 11 is 0. The molecule has 98 valence electrons. The number of alkyl halides is 1. The van der Waals surface area contributed by atoms with E-state index in [1.165, 1.54) is 4.90 Å². The van der Waals surface area contributed by atoms with Gasteiger partial charge in [0.15, 0.2) is 0 Å². The number of amidine groups is 1. The molecular weight excluding hydrogens is 260 g/mol. The van der Waals surface area contributed by atoms with Crippen molar-refractivity contribution in [2.24, 2.45) is 10.7 Å². The van der Waals surface area contributed by atoms with Crippen molar-refractivity contribution < 1.29 is 19.1 Å². The number of aliphatic hydroxyl groups is 2. The van der Waals surface area contributed by atoms with Gasteiger partial charge in [-0.25, -0.2) is 9.38 Å². The van der Waals surface area contributed by atoms with Crippen LogP contribution in [0, 0.1) is 0 Å². The summed E-state index contributed by atoms with van der Waals surface area (Å²) in [6, 6.07) is 0. The number of nitrogens with two attached hydrogens (primary N) is 1. The monoisotopic (exact) mass is 273 g/mol. The van der Waals surface area contributed by atoms with Crippen LogP contribution < -0.4 is 5.73 Å². The highest BCUT2D eigenvalue weighted by Crippen LogP contribution is 2.83. The van der Waals surface area contributed by atoms with Gasteiger partial charge in [-0.15, -0.1) is 0 Å². The van der Waals surface area contributed by atoms with Gasteiger partial charge in [-0.1, -0.05) is 6.58 Å². The Morgan fingerprint density at radius 1 is 1.72 bits per heavy atom. The van der Waals surface area contributed by atoms with Gasteiger partial charge in [0.25, 0.3) is 0 Å². The predicted octanol–water partition coefficient (Wildman–Crippen LogP) is -0.201. The van der Waals surface area contributed by atoms with Crippen LogP contribution in [-0.4, -0.2) is 51.0 Å². The van der Waals surface area contributed by atoms with E-state index < -0.39 is 31.5 Å². The molecule has 0 aromatic carbocycles. The second-order valence-corrected chi connectivity index (χ2v) is 6.41. The Balaban J connectivity index is 1.80. The number of hydrogen-bond donors (Lipinski definition) is 3. The fourth-order valence-electron chi connectivity index (χ4n) is 2.28. The molecule has 2 fully saturated rings. The molecule has 0 amide bonds. The fraction of sp³-hybridized carbons (Fsp3) is 0.500. The Bertz CT molecular complexity index is 471. The molecule has 0 radical (unpaired) electrons. The van der Waals surface area contributed by atoms with Gasteiger partial charge in [0.1, 0.15) is 37.8 Å². The van der Waals surface area contributed by atoms with E-state index in [0.717, 1.165) is 0 Å². The lowest BCUT2D eigenvalue weighted by Gasteiger charge is -2.27. The van der Waals surface area contributed by atoms with Crippen molar-refractivity contribution in [3.8, 4) is 0 Å². The number of fused-ring (bicyclic) bond motifs is 1. The third-order valence-electron chi connectivity index (χ3n) is 3.28. The van der Waals surface area contributed by atoms with Crippen molar-refractivity contribution in [1.29, 1.82) is 0 Å². The maximum Gasteiger partial charge on any atom is 0.211 e. The van der Waals surface area contributed by atoms with Gasteiger partial charge in [0.2, 0.25) is 5.41 Å². The van der Waals surface area contributed by atoms with Crippen molar-refractivity contribution in [1.82, 2.24) is 4.90 Å². The van der Waals surface area contributed by atoms with E-state index in [1.54, 1.807) is 12.3 Å². The maximum atomic E-state index is 14.6. The lowest BCUT2D eigenvalue weighted by molar-refractivity contribution is -0.0244. The van der Waals surface area contributed by atoms with E-state index in [-0.39, 0.29) is 6.61 Å². The quantitative estimate of drug-likeness (QED) is 0.606. The molecular formula is C10H13FN3O3P. The van der Waals surface area contributed by atoms with Crippen molar-refractivity contribution in [2.75, 3.05) is 6.61 Å². The summed E-state index contributed by atoms with van der Waals surface area (Å²) in [5.41, 5.74) is 5.50. The van der Waals surface area contributed by atoms with Crippen LogP contribution in [0.2, 0.25) is 0 Å². The molecule has 3 aliphatic heterocycles. The second kappa shape index (κ2) is 3.74. The molecule has 3 aliphatic rings. The topological polar surface area (TPSA) is 91.3 Å². The van der Waals surface area contributed by atoms with Crippen LogP contribution in [-0.2, 0) is 4.52 Å². The normalized spacial score (nSPS) is 46.1. The van der Waals surface area contributed by atoms with Crippen LogP contribution in [0.5, 0.6) is 0 Å². The number of hydrogen-bond acceptors (Lipinski definition) is 6. The molecule has 3 rings (SSSR count). The van der Waals surface area contributed by atoms with Crippen molar-refractivity contribution in [3.05, 3.63) is 24.7 Å². The summed E-state index contributed by atoms with van der Waals surface area (Å²) in [6.45, 7) is 3.31. The Hall–Kier alpha value is -1.01. The first-order valence-corrected chi connectivity index (χ1v) is 6.76. The van der Waals surface area contributed by atoms with Gasteiger partial charge < -0.3 is 25.4 Å². The fourth-order valence-corrected chi connectivity index (χ4v) is 4.81. The van der Waals surface area contributed by atoms with Gasteiger partial charge in [-0.2, -0.15) is 0 Å². The molecule has 0 aromatic heterocycles. The van der Waals surface area contributed by atoms with Crippen LogP contribution in [0.25, 0.3) is 0 Å². The number of aliphatic imine (C=N–C) groups is 1. The summed E-state index contributed by atoms with van der Waals surface area (Å²) in [6.07, 6.45) is 0.968. The summed E-state index contributed by atoms with van der Waals surface area (Å²) in [7, 11) is -1.46. The Morgan fingerprint density at radius 2 is 2.44 bits per heavy atom. The molecule has 18 heavy (non-hydrogen) atoms. The van der Waals surface area contributed by atoms with Gasteiger partial charge in [-0.3, -0.25) is 0 Å². The first-order chi connectivity index (χ1) is 8.50. The zero-order valence-electron chi connectivity index (χ0n) is 9.40. The molecule has 5 atom stereocenters. The molecule has 0 bridgehead atoms. The minimum absolute atomic E-state index is 0.303. The van der Waals surface area contributed by atoms with Gasteiger partial charge in [-0.05, 0) is 6.08 Å². The van der Waals surface area contributed by atoms with Crippen LogP contribution >= 0.6 is 8.15 Å². The molecule has 5 unspecified atom stereocenters. The van der Waals surface area contributed by atoms with E-state index in [4.69, 9.17) is 15.4 Å². The van der Waals surface area contributed by atoms with Crippen molar-refractivity contribution >= 4 is 14.0 Å². The average molecular weight is 273 g/mol. The smallest absolute Gasteiger partial charge is 0.211 e. The molecule has 2 saturated heterocycles. The van der Waals surface area contributed by atoms with Crippen LogP contribution in [0.4, 0.5) is 4.39 Å². The number of rotatable bonds is 2. The summed E-state index contributed by atoms with van der Waals surface area (Å²) < 4.78 is 19.9. The molecule has 8 heteroatoms. The zero-order valence-corrected chi connectivity index (χ0v) is 10.3. The Labute approximate surface area is 104 Å². The van der Waals surface area contributed by atoms with E-state index in [2.05, 4.69) is 11.6 Å². The Kier molecular flexibility index (Phi) is 2.50. The molecule has 3 heterocycles. The first kappa shape index (κ1) is 12.0. The maximum absolute atomic E-state index is 14.6. The Morgan fingerprint density at radius 3 is 2.94 bits per heavy atom. The molecule has 0 saturated carbocycles. The summed E-state index contributed by atoms with van der Waals surface area (Å²) in [5.74, 6) is 0.0219. The average Bonchev–Trinajstić information content (AvgIpc) is 2.82. The lowest BCUT2D eigenvalue weighted by Crippen LogP contribution is -2.42. The van der Waals surface area contributed by atoms with Gasteiger partial charge >= 0.3 is 0 Å². The number of aliphatic hydroxyl groups excluding tert-OH is 2. The third-order valence-corrected chi connectivity index (χ3v) is 5.75. The van der Waals surface area contributed by atoms with Crippen LogP contribution in [0.1, 0.15) is 0 Å². The van der Waals surface area contributed by atoms with Crippen molar-refractivity contribution in [2.45, 2.75) is 23.4 Å². The molecule has 0 spiro atoms.